The van der Waals surface area contributed by atoms with Crippen molar-refractivity contribution in [3.63, 3.8) is 0 Å². The average Bonchev–Trinajstić information content (AvgIpc) is 3.39. The van der Waals surface area contributed by atoms with E-state index in [0.29, 0.717) is 35.4 Å². The monoisotopic (exact) mass is 715 g/mol. The Kier molecular flexibility index (Phi) is 8.50. The van der Waals surface area contributed by atoms with Crippen LogP contribution in [-0.4, -0.2) is 28.3 Å². The summed E-state index contributed by atoms with van der Waals surface area (Å²) in [6, 6.07) is 27.0. The first-order valence-corrected chi connectivity index (χ1v) is 18.6. The highest BCUT2D eigenvalue weighted by molar-refractivity contribution is 6.62. The molecule has 1 fully saturated rings. The number of hydrogen-bond acceptors (Lipinski definition) is 4. The fraction of sp³-hybridized carbons (Fsp3) is 0.417. The summed E-state index contributed by atoms with van der Waals surface area (Å²) >= 11 is 0. The van der Waals surface area contributed by atoms with Gasteiger partial charge in [0.15, 0.2) is 0 Å². The Hall–Kier alpha value is -4.06. The molecule has 1 aliphatic rings. The second-order valence-corrected chi connectivity index (χ2v) is 17.6. The van der Waals surface area contributed by atoms with E-state index in [1.54, 1.807) is 0 Å². The summed E-state index contributed by atoms with van der Waals surface area (Å²) in [7, 11) is -1.08. The fourth-order valence-electron chi connectivity index (χ4n) is 6.38. The third-order valence-corrected chi connectivity index (χ3v) is 9.72. The van der Waals surface area contributed by atoms with Crippen molar-refractivity contribution in [2.45, 2.75) is 119 Å². The highest BCUT2D eigenvalue weighted by Crippen LogP contribution is 2.37. The van der Waals surface area contributed by atoms with Gasteiger partial charge < -0.3 is 9.31 Å². The Bertz CT molecular complexity index is 2210. The van der Waals surface area contributed by atoms with Gasteiger partial charge in [-0.1, -0.05) is 120 Å². The van der Waals surface area contributed by atoms with Crippen LogP contribution in [0.15, 0.2) is 103 Å². The van der Waals surface area contributed by atoms with E-state index in [1.165, 1.54) is 30.6 Å². The van der Waals surface area contributed by atoms with Crippen LogP contribution >= 0.6 is 0 Å². The molecule has 0 atom stereocenters. The minimum atomic E-state index is -2.80. The molecule has 6 rings (SSSR count). The minimum absolute atomic E-state index is 0.0736. The zero-order chi connectivity index (χ0) is 45.2. The highest BCUT2D eigenvalue weighted by Gasteiger charge is 2.51. The second-order valence-electron chi connectivity index (χ2n) is 17.6. The molecule has 5 heteroatoms. The van der Waals surface area contributed by atoms with Crippen LogP contribution in [0.25, 0.3) is 22.5 Å². The molecule has 4 nitrogen and oxygen atoms in total. The van der Waals surface area contributed by atoms with E-state index in [1.807, 2.05) is 142 Å². The van der Waals surface area contributed by atoms with Gasteiger partial charge in [0.2, 0.25) is 0 Å². The summed E-state index contributed by atoms with van der Waals surface area (Å²) in [5.74, 6) is 0. The van der Waals surface area contributed by atoms with Crippen molar-refractivity contribution in [1.82, 2.24) is 9.97 Å². The lowest BCUT2D eigenvalue weighted by Gasteiger charge is -2.32. The van der Waals surface area contributed by atoms with E-state index in [9.17, 15) is 11.0 Å². The lowest BCUT2D eigenvalue weighted by Crippen LogP contribution is -2.41. The van der Waals surface area contributed by atoms with E-state index in [0.717, 1.165) is 11.1 Å². The Morgan fingerprint density at radius 1 is 0.547 bits per heavy atom. The van der Waals surface area contributed by atoms with Gasteiger partial charge in [-0.2, -0.15) is 0 Å². The molecule has 3 aromatic carbocycles. The molecule has 5 aromatic rings. The average molecular weight is 715 g/mol. The normalized spacial score (nSPS) is 18.9. The molecule has 276 valence electrons. The van der Waals surface area contributed by atoms with E-state index >= 15 is 0 Å². The molecule has 0 aliphatic carbocycles. The summed E-state index contributed by atoms with van der Waals surface area (Å²) in [6.07, 6.45) is -7.32. The summed E-state index contributed by atoms with van der Waals surface area (Å²) in [5, 5.41) is 0. The second kappa shape index (κ2) is 15.4. The van der Waals surface area contributed by atoms with Crippen molar-refractivity contribution < 1.29 is 20.3 Å². The van der Waals surface area contributed by atoms with Gasteiger partial charge in [-0.25, -0.2) is 0 Å². The maximum absolute atomic E-state index is 9.69. The van der Waals surface area contributed by atoms with Gasteiger partial charge in [0.1, 0.15) is 0 Å². The minimum Gasteiger partial charge on any atom is -0.399 e. The van der Waals surface area contributed by atoms with E-state index < -0.39 is 43.8 Å². The molecule has 0 saturated carbocycles. The number of aryl methyl sites for hydroxylation is 4. The molecule has 0 amide bonds. The van der Waals surface area contributed by atoms with Crippen LogP contribution in [0.5, 0.6) is 0 Å². The summed E-state index contributed by atoms with van der Waals surface area (Å²) in [5.41, 5.74) is 1.96. The van der Waals surface area contributed by atoms with Gasteiger partial charge in [-0.15, -0.1) is 0 Å². The summed E-state index contributed by atoms with van der Waals surface area (Å²) < 4.78 is 90.1. The summed E-state index contributed by atoms with van der Waals surface area (Å²) in [4.78, 5) is 9.29. The van der Waals surface area contributed by atoms with Gasteiger partial charge in [0.05, 0.1) is 22.6 Å². The topological polar surface area (TPSA) is 44.2 Å². The van der Waals surface area contributed by atoms with Crippen molar-refractivity contribution in [3.8, 4) is 22.5 Å². The number of benzene rings is 3. The first-order valence-electron chi connectivity index (χ1n) is 22.6. The zero-order valence-electron chi connectivity index (χ0n) is 41.0. The van der Waals surface area contributed by atoms with Crippen LogP contribution in [-0.2, 0) is 47.6 Å². The third-order valence-electron chi connectivity index (χ3n) is 9.72. The van der Waals surface area contributed by atoms with E-state index in [2.05, 4.69) is 9.97 Å². The van der Waals surface area contributed by atoms with Crippen molar-refractivity contribution in [1.29, 1.82) is 0 Å². The van der Waals surface area contributed by atoms with Gasteiger partial charge in [0.25, 0.3) is 0 Å². The molecule has 0 radical (unpaired) electrons. The highest BCUT2D eigenvalue weighted by atomic mass is 16.7. The smallest absolute Gasteiger partial charge is 0.399 e. The predicted octanol–water partition coefficient (Wildman–Crippen LogP) is 10.9. The van der Waals surface area contributed by atoms with E-state index in [4.69, 9.17) is 9.31 Å². The van der Waals surface area contributed by atoms with Crippen molar-refractivity contribution in [3.05, 3.63) is 137 Å². The summed E-state index contributed by atoms with van der Waals surface area (Å²) in [6.45, 7) is 19.7. The van der Waals surface area contributed by atoms with Crippen LogP contribution in [0.2, 0.25) is 0 Å². The molecule has 0 N–H and O–H groups in total. The number of rotatable bonds is 11. The number of pyridine rings is 2. The van der Waals surface area contributed by atoms with Crippen molar-refractivity contribution in [2.75, 3.05) is 0 Å². The SMILES string of the molecule is [2H]C([2H])(c1cc(B2OC(C)(C)C(C)(C)O2)cc(C([2H])([2H])C([2H])([2H])c2cnc(-c3ccccc3)cc2CC(C)(C)C)c1)C([2H])([2H])c1cnc(-c2ccccc2)cc1CC(C)(C)C. The fourth-order valence-corrected chi connectivity index (χ4v) is 6.38. The van der Waals surface area contributed by atoms with Gasteiger partial charge >= 0.3 is 7.12 Å². The van der Waals surface area contributed by atoms with Crippen LogP contribution in [0, 0.1) is 10.8 Å². The largest absolute Gasteiger partial charge is 0.494 e. The molecular weight excluding hydrogens is 647 g/mol. The van der Waals surface area contributed by atoms with Crippen LogP contribution in [0.4, 0.5) is 0 Å². The number of nitrogens with zero attached hydrogens (tertiary/aromatic N) is 2. The number of aromatic nitrogens is 2. The molecule has 1 saturated heterocycles. The number of hydrogen-bond donors (Lipinski definition) is 0. The van der Waals surface area contributed by atoms with Gasteiger partial charge in [-0.3, -0.25) is 9.97 Å². The zero-order valence-corrected chi connectivity index (χ0v) is 33.0. The van der Waals surface area contributed by atoms with Gasteiger partial charge in [-0.05, 0) is 128 Å². The van der Waals surface area contributed by atoms with Crippen molar-refractivity contribution >= 4 is 12.6 Å². The molecule has 0 spiro atoms. The Morgan fingerprint density at radius 2 is 0.943 bits per heavy atom. The predicted molar refractivity (Wildman–Crippen MR) is 223 cm³/mol. The Morgan fingerprint density at radius 3 is 1.32 bits per heavy atom. The Labute approximate surface area is 331 Å². The maximum atomic E-state index is 9.69. The first-order chi connectivity index (χ1) is 28.0. The van der Waals surface area contributed by atoms with E-state index in [-0.39, 0.29) is 38.5 Å². The third kappa shape index (κ3) is 9.93. The lowest BCUT2D eigenvalue weighted by atomic mass is 9.76. The molecule has 53 heavy (non-hydrogen) atoms. The molecule has 0 bridgehead atoms. The molecule has 0 unspecified atom stereocenters. The standard InChI is InChI=1S/C48H59BN2O2/c1-45(2,3)30-40-28-43(36-17-13-11-14-18-36)50-32-38(40)23-21-34-25-35(27-42(26-34)49-52-47(7,8)48(9,10)53-49)22-24-39-33-51-44(37-19-15-12-16-20-37)29-41(39)31-46(4,5)6/h11-20,25-29,32-33H,21-24,30-31H2,1-10H3/i21D2,22D2,23D2,24D2. The molecular formula is C48H59BN2O2. The molecule has 3 heterocycles. The van der Waals surface area contributed by atoms with Crippen LogP contribution in [0.3, 0.4) is 0 Å². The quantitative estimate of drug-likeness (QED) is 0.128. The Balaban J connectivity index is 1.53. The van der Waals surface area contributed by atoms with Crippen molar-refractivity contribution in [2.24, 2.45) is 10.8 Å². The molecule has 1 aliphatic heterocycles. The first kappa shape index (κ1) is 29.3. The lowest BCUT2D eigenvalue weighted by molar-refractivity contribution is 0.00578. The maximum Gasteiger partial charge on any atom is 0.494 e. The van der Waals surface area contributed by atoms with Crippen LogP contribution < -0.4 is 5.46 Å². The molecule has 2 aromatic heterocycles. The van der Waals surface area contributed by atoms with Gasteiger partial charge in [0, 0.05) is 34.5 Å². The van der Waals surface area contributed by atoms with Crippen LogP contribution in [0.1, 0.15) is 114 Å².